The highest BCUT2D eigenvalue weighted by atomic mass is 79.9. The lowest BCUT2D eigenvalue weighted by Crippen LogP contribution is -2.29. The smallest absolute Gasteiger partial charge is 0.106 e. The summed E-state index contributed by atoms with van der Waals surface area (Å²) < 4.78 is 0.858. The third-order valence-corrected chi connectivity index (χ3v) is 2.76. The molecule has 3 nitrogen and oxygen atoms in total. The number of pyridine rings is 1. The summed E-state index contributed by atoms with van der Waals surface area (Å²) in [6.07, 6.45) is 1.82. The van der Waals surface area contributed by atoms with Crippen LogP contribution < -0.4 is 5.32 Å². The lowest BCUT2D eigenvalue weighted by molar-refractivity contribution is 0.261. The Morgan fingerprint density at radius 2 is 2.33 bits per heavy atom. The van der Waals surface area contributed by atoms with Gasteiger partial charge in [0.1, 0.15) is 4.60 Å². The van der Waals surface area contributed by atoms with E-state index in [0.717, 1.165) is 29.7 Å². The number of aromatic nitrogens is 1. The van der Waals surface area contributed by atoms with E-state index in [4.69, 9.17) is 5.11 Å². The van der Waals surface area contributed by atoms with E-state index in [-0.39, 0.29) is 6.61 Å². The molecular weight excluding hydrogens is 256 g/mol. The summed E-state index contributed by atoms with van der Waals surface area (Å²) in [6.45, 7) is 3.09. The van der Waals surface area contributed by atoms with Gasteiger partial charge in [0, 0.05) is 19.2 Å². The largest absolute Gasteiger partial charge is 0.396 e. The van der Waals surface area contributed by atoms with Gasteiger partial charge in [0.05, 0.1) is 5.69 Å². The molecule has 0 radical (unpaired) electrons. The lowest BCUT2D eigenvalue weighted by atomic mass is 10.1. The van der Waals surface area contributed by atoms with Gasteiger partial charge in [0.15, 0.2) is 0 Å². The zero-order chi connectivity index (χ0) is 11.1. The zero-order valence-corrected chi connectivity index (χ0v) is 10.5. The Bertz CT molecular complexity index is 294. The fourth-order valence-corrected chi connectivity index (χ4v) is 1.78. The van der Waals surface area contributed by atoms with E-state index in [0.29, 0.717) is 6.04 Å². The van der Waals surface area contributed by atoms with Crippen LogP contribution in [0.2, 0.25) is 0 Å². The summed E-state index contributed by atoms with van der Waals surface area (Å²) in [5, 5.41) is 12.2. The quantitative estimate of drug-likeness (QED) is 0.780. The Morgan fingerprint density at radius 1 is 1.53 bits per heavy atom. The maximum absolute atomic E-state index is 8.85. The van der Waals surface area contributed by atoms with Crippen LogP contribution in [0, 0.1) is 0 Å². The summed E-state index contributed by atoms with van der Waals surface area (Å²) >= 11 is 3.34. The fourth-order valence-electron chi connectivity index (χ4n) is 1.40. The first-order valence-electron chi connectivity index (χ1n) is 5.22. The van der Waals surface area contributed by atoms with E-state index < -0.39 is 0 Å². The molecule has 0 aliphatic carbocycles. The van der Waals surface area contributed by atoms with Gasteiger partial charge in [-0.3, -0.25) is 0 Å². The van der Waals surface area contributed by atoms with E-state index in [1.807, 2.05) is 18.2 Å². The van der Waals surface area contributed by atoms with Crippen molar-refractivity contribution in [3.8, 4) is 0 Å². The van der Waals surface area contributed by atoms with Gasteiger partial charge in [-0.1, -0.05) is 13.0 Å². The number of aliphatic hydroxyl groups excluding tert-OH is 1. The Morgan fingerprint density at radius 3 is 2.93 bits per heavy atom. The van der Waals surface area contributed by atoms with E-state index in [2.05, 4.69) is 33.2 Å². The molecule has 4 heteroatoms. The molecule has 15 heavy (non-hydrogen) atoms. The minimum absolute atomic E-state index is 0.234. The topological polar surface area (TPSA) is 45.1 Å². The van der Waals surface area contributed by atoms with Gasteiger partial charge in [-0.25, -0.2) is 4.98 Å². The van der Waals surface area contributed by atoms with E-state index in [1.54, 1.807) is 0 Å². The van der Waals surface area contributed by atoms with E-state index in [1.165, 1.54) is 0 Å². The molecule has 0 amide bonds. The molecule has 0 fully saturated rings. The number of rotatable bonds is 6. The molecule has 0 spiro atoms. The number of halogens is 1. The second kappa shape index (κ2) is 6.93. The molecule has 1 aromatic rings. The summed E-state index contributed by atoms with van der Waals surface area (Å²) in [5.74, 6) is 0. The second-order valence-corrected chi connectivity index (χ2v) is 4.26. The zero-order valence-electron chi connectivity index (χ0n) is 8.91. The highest BCUT2D eigenvalue weighted by Crippen LogP contribution is 2.06. The molecule has 0 saturated heterocycles. The van der Waals surface area contributed by atoms with Crippen LogP contribution >= 0.6 is 15.9 Å². The third-order valence-electron chi connectivity index (χ3n) is 2.31. The van der Waals surface area contributed by atoms with Crippen LogP contribution in [0.3, 0.4) is 0 Å². The molecular formula is C11H17BrN2O. The van der Waals surface area contributed by atoms with Crippen LogP contribution in [0.15, 0.2) is 22.8 Å². The number of hydrogen-bond acceptors (Lipinski definition) is 3. The molecule has 1 atom stereocenters. The van der Waals surface area contributed by atoms with Gasteiger partial charge in [0.2, 0.25) is 0 Å². The molecule has 0 aromatic carbocycles. The first-order chi connectivity index (χ1) is 7.26. The van der Waals surface area contributed by atoms with Gasteiger partial charge in [-0.15, -0.1) is 0 Å². The number of nitrogens with one attached hydrogen (secondary N) is 1. The van der Waals surface area contributed by atoms with Gasteiger partial charge in [0.25, 0.3) is 0 Å². The standard InChI is InChI=1S/C11H17BrN2O/c1-2-9(6-7-15)13-8-10-4-3-5-11(12)14-10/h3-5,9,13,15H,2,6-8H2,1H3. The van der Waals surface area contributed by atoms with Crippen molar-refractivity contribution in [3.05, 3.63) is 28.5 Å². The Hall–Kier alpha value is -0.450. The minimum Gasteiger partial charge on any atom is -0.396 e. The predicted octanol–water partition coefficient (Wildman–Crippen LogP) is 2.09. The average molecular weight is 273 g/mol. The lowest BCUT2D eigenvalue weighted by Gasteiger charge is -2.15. The van der Waals surface area contributed by atoms with E-state index in [9.17, 15) is 0 Å². The minimum atomic E-state index is 0.234. The molecule has 0 aliphatic rings. The highest BCUT2D eigenvalue weighted by molar-refractivity contribution is 9.10. The molecule has 84 valence electrons. The van der Waals surface area contributed by atoms with Crippen molar-refractivity contribution in [2.45, 2.75) is 32.4 Å². The van der Waals surface area contributed by atoms with Gasteiger partial charge in [-0.05, 0) is 40.9 Å². The summed E-state index contributed by atoms with van der Waals surface area (Å²) in [7, 11) is 0. The molecule has 1 aromatic heterocycles. The van der Waals surface area contributed by atoms with Crippen molar-refractivity contribution in [1.29, 1.82) is 0 Å². The maximum atomic E-state index is 8.85. The van der Waals surface area contributed by atoms with Crippen molar-refractivity contribution in [1.82, 2.24) is 10.3 Å². The fraction of sp³-hybridized carbons (Fsp3) is 0.545. The van der Waals surface area contributed by atoms with Gasteiger partial charge in [-0.2, -0.15) is 0 Å². The number of nitrogens with zero attached hydrogens (tertiary/aromatic N) is 1. The molecule has 0 bridgehead atoms. The monoisotopic (exact) mass is 272 g/mol. The van der Waals surface area contributed by atoms with Crippen LogP contribution in [-0.2, 0) is 6.54 Å². The third kappa shape index (κ3) is 4.73. The maximum Gasteiger partial charge on any atom is 0.106 e. The first-order valence-corrected chi connectivity index (χ1v) is 6.01. The van der Waals surface area contributed by atoms with Crippen LogP contribution in [0.4, 0.5) is 0 Å². The highest BCUT2D eigenvalue weighted by Gasteiger charge is 2.04. The van der Waals surface area contributed by atoms with E-state index >= 15 is 0 Å². The van der Waals surface area contributed by atoms with Crippen molar-refractivity contribution >= 4 is 15.9 Å². The van der Waals surface area contributed by atoms with Crippen LogP contribution in [0.1, 0.15) is 25.5 Å². The average Bonchev–Trinajstić information content (AvgIpc) is 2.24. The summed E-state index contributed by atoms with van der Waals surface area (Å²) in [6, 6.07) is 6.25. The number of aliphatic hydroxyl groups is 1. The van der Waals surface area contributed by atoms with Crippen LogP contribution in [0.5, 0.6) is 0 Å². The van der Waals surface area contributed by atoms with Crippen molar-refractivity contribution in [2.24, 2.45) is 0 Å². The molecule has 1 unspecified atom stereocenters. The van der Waals surface area contributed by atoms with Crippen molar-refractivity contribution in [2.75, 3.05) is 6.61 Å². The molecule has 1 rings (SSSR count). The molecule has 0 aliphatic heterocycles. The van der Waals surface area contributed by atoms with Crippen LogP contribution in [0.25, 0.3) is 0 Å². The predicted molar refractivity (Wildman–Crippen MR) is 64.6 cm³/mol. The second-order valence-electron chi connectivity index (χ2n) is 3.45. The van der Waals surface area contributed by atoms with Crippen molar-refractivity contribution in [3.63, 3.8) is 0 Å². The van der Waals surface area contributed by atoms with Gasteiger partial charge < -0.3 is 10.4 Å². The summed E-state index contributed by atoms with van der Waals surface area (Å²) in [5.41, 5.74) is 1.01. The Balaban J connectivity index is 2.41. The first kappa shape index (κ1) is 12.6. The van der Waals surface area contributed by atoms with Crippen LogP contribution in [-0.4, -0.2) is 22.7 Å². The Labute approximate surface area is 99.1 Å². The molecule has 2 N–H and O–H groups in total. The normalized spacial score (nSPS) is 12.7. The SMILES string of the molecule is CCC(CCO)NCc1cccc(Br)n1. The van der Waals surface area contributed by atoms with Gasteiger partial charge >= 0.3 is 0 Å². The Kier molecular flexibility index (Phi) is 5.83. The molecule has 0 saturated carbocycles. The summed E-state index contributed by atoms with van der Waals surface area (Å²) in [4.78, 5) is 4.33. The van der Waals surface area contributed by atoms with Crippen molar-refractivity contribution < 1.29 is 5.11 Å². The molecule has 1 heterocycles. The number of hydrogen-bond donors (Lipinski definition) is 2.